The van der Waals surface area contributed by atoms with Crippen LogP contribution < -0.4 is 9.47 Å². The van der Waals surface area contributed by atoms with Gasteiger partial charge in [0.1, 0.15) is 23.4 Å². The van der Waals surface area contributed by atoms with Gasteiger partial charge >= 0.3 is 0 Å². The lowest BCUT2D eigenvalue weighted by molar-refractivity contribution is 0.0816. The van der Waals surface area contributed by atoms with E-state index in [9.17, 15) is 4.39 Å². The summed E-state index contributed by atoms with van der Waals surface area (Å²) in [6.45, 7) is 2.15. The van der Waals surface area contributed by atoms with Crippen LogP contribution in [0.15, 0.2) is 46.2 Å². The minimum Gasteiger partial charge on any atom is -0.497 e. The van der Waals surface area contributed by atoms with Gasteiger partial charge in [0.15, 0.2) is 0 Å². The van der Waals surface area contributed by atoms with Gasteiger partial charge in [0.2, 0.25) is 0 Å². The van der Waals surface area contributed by atoms with Crippen LogP contribution in [0, 0.1) is 11.7 Å². The molecule has 2 aliphatic rings. The Balaban J connectivity index is 1.77. The van der Waals surface area contributed by atoms with E-state index in [1.54, 1.807) is 31.0 Å². The fourth-order valence-electron chi connectivity index (χ4n) is 3.63. The molecule has 0 radical (unpaired) electrons. The number of likely N-dealkylation sites (tertiary alicyclic amines) is 1. The Morgan fingerprint density at radius 2 is 1.92 bits per heavy atom. The van der Waals surface area contributed by atoms with Gasteiger partial charge in [-0.25, -0.2) is 4.39 Å². The number of hydrogen-bond acceptors (Lipinski definition) is 4. The van der Waals surface area contributed by atoms with E-state index in [0.29, 0.717) is 5.92 Å². The van der Waals surface area contributed by atoms with Gasteiger partial charge in [-0.1, -0.05) is 11.8 Å². The average molecular weight is 359 g/mol. The van der Waals surface area contributed by atoms with Crippen molar-refractivity contribution in [1.82, 2.24) is 4.90 Å². The molecule has 1 fully saturated rings. The quantitative estimate of drug-likeness (QED) is 0.770. The average Bonchev–Trinajstić information content (AvgIpc) is 2.78. The molecule has 3 nitrogen and oxygen atoms in total. The van der Waals surface area contributed by atoms with Crippen molar-refractivity contribution in [3.63, 3.8) is 0 Å². The Hall–Kier alpha value is -1.72. The molecular formula is C20H22FNO2S. The molecule has 25 heavy (non-hydrogen) atoms. The van der Waals surface area contributed by atoms with E-state index in [2.05, 4.69) is 24.1 Å². The van der Waals surface area contributed by atoms with Crippen molar-refractivity contribution in [2.45, 2.75) is 28.7 Å². The zero-order valence-corrected chi connectivity index (χ0v) is 15.3. The molecule has 2 aromatic carbocycles. The minimum absolute atomic E-state index is 0.0296. The Morgan fingerprint density at radius 3 is 2.68 bits per heavy atom. The summed E-state index contributed by atoms with van der Waals surface area (Å²) in [6.07, 6.45) is 2.16. The van der Waals surface area contributed by atoms with Gasteiger partial charge in [0, 0.05) is 16.4 Å². The SMILES string of the molecule is COc1ccc2c(c1)[C@@H](C1CCN(C)CC1)Oc1ccc(F)cc1S2. The molecule has 2 heterocycles. The number of rotatable bonds is 2. The first-order valence-electron chi connectivity index (χ1n) is 8.64. The van der Waals surface area contributed by atoms with Crippen molar-refractivity contribution in [2.24, 2.45) is 5.92 Å². The zero-order chi connectivity index (χ0) is 17.4. The van der Waals surface area contributed by atoms with Crippen LogP contribution in [-0.4, -0.2) is 32.1 Å². The fraction of sp³-hybridized carbons (Fsp3) is 0.400. The Bertz CT molecular complexity index is 774. The zero-order valence-electron chi connectivity index (χ0n) is 14.5. The monoisotopic (exact) mass is 359 g/mol. The van der Waals surface area contributed by atoms with E-state index in [0.717, 1.165) is 52.8 Å². The maximum Gasteiger partial charge on any atom is 0.134 e. The molecule has 0 N–H and O–H groups in total. The topological polar surface area (TPSA) is 21.7 Å². The number of benzene rings is 2. The Labute approximate surface area is 152 Å². The van der Waals surface area contributed by atoms with Crippen LogP contribution in [0.3, 0.4) is 0 Å². The summed E-state index contributed by atoms with van der Waals surface area (Å²) in [5, 5.41) is 0. The van der Waals surface area contributed by atoms with E-state index < -0.39 is 0 Å². The van der Waals surface area contributed by atoms with Crippen molar-refractivity contribution in [3.8, 4) is 11.5 Å². The van der Waals surface area contributed by atoms with Crippen LogP contribution in [0.2, 0.25) is 0 Å². The fourth-order valence-corrected chi connectivity index (χ4v) is 4.68. The predicted octanol–water partition coefficient (Wildman–Crippen LogP) is 4.76. The Morgan fingerprint density at radius 1 is 1.12 bits per heavy atom. The lowest BCUT2D eigenvalue weighted by Gasteiger charge is -2.34. The van der Waals surface area contributed by atoms with Crippen LogP contribution in [0.25, 0.3) is 0 Å². The minimum atomic E-state index is -0.234. The van der Waals surface area contributed by atoms with Gasteiger partial charge in [0.05, 0.1) is 12.0 Å². The van der Waals surface area contributed by atoms with E-state index in [1.165, 1.54) is 6.07 Å². The largest absolute Gasteiger partial charge is 0.497 e. The molecule has 5 heteroatoms. The molecule has 0 amide bonds. The molecular weight excluding hydrogens is 337 g/mol. The summed E-state index contributed by atoms with van der Waals surface area (Å²) < 4.78 is 25.6. The highest BCUT2D eigenvalue weighted by Crippen LogP contribution is 2.48. The molecule has 2 aromatic rings. The predicted molar refractivity (Wildman–Crippen MR) is 97.1 cm³/mol. The van der Waals surface area contributed by atoms with E-state index in [4.69, 9.17) is 9.47 Å². The van der Waals surface area contributed by atoms with Crippen molar-refractivity contribution in [2.75, 3.05) is 27.2 Å². The van der Waals surface area contributed by atoms with Gasteiger partial charge in [-0.3, -0.25) is 0 Å². The number of ether oxygens (including phenoxy) is 2. The van der Waals surface area contributed by atoms with Crippen LogP contribution in [-0.2, 0) is 0 Å². The number of fused-ring (bicyclic) bond motifs is 2. The summed E-state index contributed by atoms with van der Waals surface area (Å²) in [4.78, 5) is 4.31. The summed E-state index contributed by atoms with van der Waals surface area (Å²) >= 11 is 1.57. The summed E-state index contributed by atoms with van der Waals surface area (Å²) in [7, 11) is 3.84. The molecule has 1 saturated heterocycles. The molecule has 0 bridgehead atoms. The van der Waals surface area contributed by atoms with Crippen LogP contribution in [0.1, 0.15) is 24.5 Å². The molecule has 132 valence electrons. The maximum absolute atomic E-state index is 13.7. The maximum atomic E-state index is 13.7. The molecule has 0 aliphatic carbocycles. The van der Waals surface area contributed by atoms with Crippen LogP contribution >= 0.6 is 11.8 Å². The first kappa shape index (κ1) is 16.7. The third-order valence-corrected chi connectivity index (χ3v) is 6.23. The standard InChI is InChI=1S/C20H22FNO2S/c1-22-9-7-13(8-10-22)20-16-12-15(23-2)4-6-18(16)25-19-11-14(21)3-5-17(19)24-20/h3-6,11-13,20H,7-10H2,1-2H3/t20-/m1/s1. The third-order valence-electron chi connectivity index (χ3n) is 5.09. The molecule has 0 saturated carbocycles. The van der Waals surface area contributed by atoms with Crippen molar-refractivity contribution in [1.29, 1.82) is 0 Å². The smallest absolute Gasteiger partial charge is 0.134 e. The molecule has 4 rings (SSSR count). The lowest BCUT2D eigenvalue weighted by Crippen LogP contribution is -2.34. The number of halogens is 1. The van der Waals surface area contributed by atoms with E-state index >= 15 is 0 Å². The van der Waals surface area contributed by atoms with Crippen molar-refractivity contribution >= 4 is 11.8 Å². The molecule has 2 aliphatic heterocycles. The van der Waals surface area contributed by atoms with Gasteiger partial charge in [-0.15, -0.1) is 0 Å². The number of piperidine rings is 1. The summed E-state index contributed by atoms with van der Waals surface area (Å²) in [6, 6.07) is 10.9. The molecule has 1 atom stereocenters. The summed E-state index contributed by atoms with van der Waals surface area (Å²) in [5.74, 6) is 1.81. The molecule has 0 aromatic heterocycles. The highest BCUT2D eigenvalue weighted by atomic mass is 32.2. The van der Waals surface area contributed by atoms with Crippen LogP contribution in [0.5, 0.6) is 11.5 Å². The van der Waals surface area contributed by atoms with E-state index in [1.807, 2.05) is 6.07 Å². The number of nitrogens with zero attached hydrogens (tertiary/aromatic N) is 1. The van der Waals surface area contributed by atoms with Gasteiger partial charge in [-0.2, -0.15) is 0 Å². The van der Waals surface area contributed by atoms with Gasteiger partial charge in [0.25, 0.3) is 0 Å². The molecule has 0 unspecified atom stereocenters. The first-order chi connectivity index (χ1) is 12.1. The number of methoxy groups -OCH3 is 1. The first-order valence-corrected chi connectivity index (χ1v) is 9.46. The van der Waals surface area contributed by atoms with Crippen LogP contribution in [0.4, 0.5) is 4.39 Å². The molecule has 0 spiro atoms. The second-order valence-corrected chi connectivity index (χ2v) is 7.86. The van der Waals surface area contributed by atoms with E-state index in [-0.39, 0.29) is 11.9 Å². The van der Waals surface area contributed by atoms with Gasteiger partial charge < -0.3 is 14.4 Å². The van der Waals surface area contributed by atoms with Crippen molar-refractivity contribution < 1.29 is 13.9 Å². The van der Waals surface area contributed by atoms with Crippen molar-refractivity contribution in [3.05, 3.63) is 47.8 Å². The summed E-state index contributed by atoms with van der Waals surface area (Å²) in [5.41, 5.74) is 1.15. The third kappa shape index (κ3) is 3.35. The second kappa shape index (κ2) is 6.89. The van der Waals surface area contributed by atoms with Gasteiger partial charge in [-0.05, 0) is 69.4 Å². The normalized spacial score (nSPS) is 21.0. The second-order valence-electron chi connectivity index (χ2n) is 6.78. The lowest BCUT2D eigenvalue weighted by atomic mass is 9.87. The Kier molecular flexibility index (Phi) is 4.61. The highest BCUT2D eigenvalue weighted by molar-refractivity contribution is 7.99. The number of hydrogen-bond donors (Lipinski definition) is 0. The highest BCUT2D eigenvalue weighted by Gasteiger charge is 2.33.